The van der Waals surface area contributed by atoms with E-state index in [0.29, 0.717) is 6.54 Å². The molecule has 1 aromatic carbocycles. The summed E-state index contributed by atoms with van der Waals surface area (Å²) in [6.45, 7) is 0.235. The summed E-state index contributed by atoms with van der Waals surface area (Å²) in [6.07, 6.45) is 3.00. The summed E-state index contributed by atoms with van der Waals surface area (Å²) >= 11 is 1.53. The van der Waals surface area contributed by atoms with Gasteiger partial charge in [-0.3, -0.25) is 4.79 Å². The Balaban J connectivity index is 1.76. The molecule has 0 N–H and O–H groups in total. The minimum absolute atomic E-state index is 0.235. The molecule has 114 valence electrons. The highest BCUT2D eigenvalue weighted by molar-refractivity contribution is 7.10. The Bertz CT molecular complexity index is 635. The second-order valence-electron chi connectivity index (χ2n) is 4.69. The van der Waals surface area contributed by atoms with Crippen molar-refractivity contribution >= 4 is 29.3 Å². The van der Waals surface area contributed by atoms with E-state index in [1.54, 1.807) is 13.1 Å². The van der Waals surface area contributed by atoms with E-state index in [4.69, 9.17) is 4.74 Å². The van der Waals surface area contributed by atoms with Gasteiger partial charge in [-0.1, -0.05) is 36.4 Å². The van der Waals surface area contributed by atoms with Crippen LogP contribution in [0, 0.1) is 0 Å². The minimum atomic E-state index is -0.519. The van der Waals surface area contributed by atoms with E-state index in [2.05, 4.69) is 0 Å². The molecule has 4 nitrogen and oxygen atoms in total. The summed E-state index contributed by atoms with van der Waals surface area (Å²) in [5.74, 6) is -0.753. The van der Waals surface area contributed by atoms with Gasteiger partial charge in [0.15, 0.2) is 6.61 Å². The van der Waals surface area contributed by atoms with Crippen molar-refractivity contribution in [3.63, 3.8) is 0 Å². The Morgan fingerprint density at radius 1 is 1.18 bits per heavy atom. The van der Waals surface area contributed by atoms with E-state index < -0.39 is 5.97 Å². The van der Waals surface area contributed by atoms with Crippen LogP contribution < -0.4 is 0 Å². The number of rotatable bonds is 6. The number of hydrogen-bond donors (Lipinski definition) is 0. The zero-order chi connectivity index (χ0) is 15.8. The first-order chi connectivity index (χ1) is 10.6. The van der Waals surface area contributed by atoms with Gasteiger partial charge in [-0.25, -0.2) is 4.79 Å². The lowest BCUT2D eigenvalue weighted by molar-refractivity contribution is -0.147. The fraction of sp³-hybridized carbons (Fsp3) is 0.176. The van der Waals surface area contributed by atoms with E-state index in [1.807, 2.05) is 47.8 Å². The van der Waals surface area contributed by atoms with E-state index in [-0.39, 0.29) is 12.5 Å². The number of nitrogens with zero attached hydrogens (tertiary/aromatic N) is 1. The topological polar surface area (TPSA) is 46.6 Å². The Labute approximate surface area is 133 Å². The Kier molecular flexibility index (Phi) is 5.91. The molecule has 0 bridgehead atoms. The van der Waals surface area contributed by atoms with Crippen LogP contribution in [0.3, 0.4) is 0 Å². The second-order valence-corrected chi connectivity index (χ2v) is 5.67. The molecular formula is C17H17NO3S. The molecule has 0 fully saturated rings. The van der Waals surface area contributed by atoms with Gasteiger partial charge in [-0.2, -0.15) is 0 Å². The molecule has 1 amide bonds. The molecule has 0 saturated carbocycles. The minimum Gasteiger partial charge on any atom is -0.452 e. The van der Waals surface area contributed by atoms with Gasteiger partial charge in [-0.15, -0.1) is 11.3 Å². The van der Waals surface area contributed by atoms with Crippen molar-refractivity contribution in [1.82, 2.24) is 4.90 Å². The van der Waals surface area contributed by atoms with E-state index in [9.17, 15) is 9.59 Å². The third-order valence-corrected chi connectivity index (χ3v) is 3.79. The average Bonchev–Trinajstić information content (AvgIpc) is 3.05. The lowest BCUT2D eigenvalue weighted by Crippen LogP contribution is -2.30. The van der Waals surface area contributed by atoms with Crippen LogP contribution in [0.15, 0.2) is 53.9 Å². The molecule has 0 atom stereocenters. The number of esters is 1. The maximum Gasteiger partial charge on any atom is 0.331 e. The van der Waals surface area contributed by atoms with Crippen molar-refractivity contribution in [2.75, 3.05) is 13.7 Å². The van der Waals surface area contributed by atoms with Crippen molar-refractivity contribution in [3.8, 4) is 0 Å². The van der Waals surface area contributed by atoms with Crippen LogP contribution >= 0.6 is 11.3 Å². The van der Waals surface area contributed by atoms with Crippen LogP contribution in [0.4, 0.5) is 0 Å². The largest absolute Gasteiger partial charge is 0.452 e. The van der Waals surface area contributed by atoms with Gasteiger partial charge in [-0.05, 0) is 23.1 Å². The molecule has 0 saturated heterocycles. The van der Waals surface area contributed by atoms with Crippen LogP contribution in [0.25, 0.3) is 6.08 Å². The van der Waals surface area contributed by atoms with Gasteiger partial charge in [0.2, 0.25) is 0 Å². The fourth-order valence-corrected chi connectivity index (χ4v) is 2.39. The van der Waals surface area contributed by atoms with Gasteiger partial charge in [0, 0.05) is 24.5 Å². The number of hydrogen-bond acceptors (Lipinski definition) is 4. The van der Waals surface area contributed by atoms with Crippen LogP contribution in [0.2, 0.25) is 0 Å². The number of carbonyl (C=O) groups is 2. The van der Waals surface area contributed by atoms with Crippen molar-refractivity contribution in [3.05, 3.63) is 64.4 Å². The van der Waals surface area contributed by atoms with Gasteiger partial charge < -0.3 is 9.64 Å². The Morgan fingerprint density at radius 2 is 1.95 bits per heavy atom. The molecule has 0 aliphatic carbocycles. The highest BCUT2D eigenvalue weighted by Gasteiger charge is 2.11. The van der Waals surface area contributed by atoms with Crippen molar-refractivity contribution in [2.45, 2.75) is 6.54 Å². The van der Waals surface area contributed by atoms with Gasteiger partial charge in [0.25, 0.3) is 5.91 Å². The molecule has 2 rings (SSSR count). The highest BCUT2D eigenvalue weighted by atomic mass is 32.1. The highest BCUT2D eigenvalue weighted by Crippen LogP contribution is 2.10. The predicted molar refractivity (Wildman–Crippen MR) is 87.2 cm³/mol. The first kappa shape index (κ1) is 16.0. The number of carbonyl (C=O) groups excluding carboxylic acids is 2. The van der Waals surface area contributed by atoms with Crippen LogP contribution in [-0.2, 0) is 20.9 Å². The molecule has 2 aromatic rings. The summed E-state index contributed by atoms with van der Waals surface area (Å²) in [4.78, 5) is 26.0. The lowest BCUT2D eigenvalue weighted by Gasteiger charge is -2.16. The summed E-state index contributed by atoms with van der Waals surface area (Å²) in [5.41, 5.74) is 1.03. The van der Waals surface area contributed by atoms with Gasteiger partial charge >= 0.3 is 5.97 Å². The van der Waals surface area contributed by atoms with Crippen molar-refractivity contribution < 1.29 is 14.3 Å². The molecule has 1 heterocycles. The zero-order valence-electron chi connectivity index (χ0n) is 12.3. The van der Waals surface area contributed by atoms with Crippen molar-refractivity contribution in [1.29, 1.82) is 0 Å². The quantitative estimate of drug-likeness (QED) is 0.608. The summed E-state index contributed by atoms with van der Waals surface area (Å²) < 4.78 is 4.95. The maximum atomic E-state index is 11.9. The third kappa shape index (κ3) is 5.18. The summed E-state index contributed by atoms with van der Waals surface area (Å²) in [6, 6.07) is 13.4. The maximum absolute atomic E-state index is 11.9. The number of amides is 1. The normalized spacial score (nSPS) is 10.6. The number of likely N-dealkylation sites (N-methyl/N-ethyl adjacent to an activating group) is 1. The molecule has 5 heteroatoms. The smallest absolute Gasteiger partial charge is 0.331 e. The van der Waals surface area contributed by atoms with Crippen LogP contribution in [-0.4, -0.2) is 30.4 Å². The molecule has 0 aliphatic rings. The number of benzene rings is 1. The third-order valence-electron chi connectivity index (χ3n) is 2.95. The van der Waals surface area contributed by atoms with Gasteiger partial charge in [0.05, 0.1) is 0 Å². The van der Waals surface area contributed by atoms with Crippen molar-refractivity contribution in [2.24, 2.45) is 0 Å². The van der Waals surface area contributed by atoms with Crippen LogP contribution in [0.1, 0.15) is 10.4 Å². The summed E-state index contributed by atoms with van der Waals surface area (Å²) in [5, 5.41) is 1.92. The first-order valence-corrected chi connectivity index (χ1v) is 7.69. The lowest BCUT2D eigenvalue weighted by atomic mass is 10.2. The molecule has 1 aromatic heterocycles. The molecule has 22 heavy (non-hydrogen) atoms. The molecular weight excluding hydrogens is 298 g/mol. The number of thiophene rings is 1. The summed E-state index contributed by atoms with van der Waals surface area (Å²) in [7, 11) is 1.69. The average molecular weight is 315 g/mol. The van der Waals surface area contributed by atoms with Gasteiger partial charge in [0.1, 0.15) is 0 Å². The molecule has 0 aliphatic heterocycles. The molecule has 0 unspecified atom stereocenters. The second kappa shape index (κ2) is 8.14. The standard InChI is InChI=1S/C17H17NO3S/c1-18(12-14-6-3-2-4-7-14)16(19)13-21-17(20)10-9-15-8-5-11-22-15/h2-11H,12-13H2,1H3/b10-9+. The zero-order valence-corrected chi connectivity index (χ0v) is 13.1. The Hall–Kier alpha value is -2.40. The monoisotopic (exact) mass is 315 g/mol. The fourth-order valence-electron chi connectivity index (χ4n) is 1.77. The Morgan fingerprint density at radius 3 is 2.64 bits per heavy atom. The molecule has 0 radical (unpaired) electrons. The SMILES string of the molecule is CN(Cc1ccccc1)C(=O)COC(=O)/C=C/c1cccs1. The van der Waals surface area contributed by atoms with Crippen LogP contribution in [0.5, 0.6) is 0 Å². The molecule has 0 spiro atoms. The van der Waals surface area contributed by atoms with E-state index in [0.717, 1.165) is 10.4 Å². The first-order valence-electron chi connectivity index (χ1n) is 6.81. The van der Waals surface area contributed by atoms with E-state index >= 15 is 0 Å². The number of ether oxygens (including phenoxy) is 1. The predicted octanol–water partition coefficient (Wildman–Crippen LogP) is 2.96. The van der Waals surface area contributed by atoms with E-state index in [1.165, 1.54) is 22.3 Å².